The monoisotopic (exact) mass is 317 g/mol. The summed E-state index contributed by atoms with van der Waals surface area (Å²) in [5.74, 6) is 3.10. The summed E-state index contributed by atoms with van der Waals surface area (Å²) in [6.45, 7) is 6.60. The molecule has 4 unspecified atom stereocenters. The first kappa shape index (κ1) is 20.3. The Kier molecular flexibility index (Phi) is 11.1. The van der Waals surface area contributed by atoms with Crippen LogP contribution in [-0.4, -0.2) is 0 Å². The van der Waals surface area contributed by atoms with E-state index >= 15 is 0 Å². The molecule has 0 saturated heterocycles. The van der Waals surface area contributed by atoms with E-state index in [1.165, 1.54) is 64.2 Å². The van der Waals surface area contributed by atoms with Gasteiger partial charge in [0.05, 0.1) is 6.07 Å². The van der Waals surface area contributed by atoms with Crippen LogP contribution in [0.2, 0.25) is 0 Å². The summed E-state index contributed by atoms with van der Waals surface area (Å²) >= 11 is 0. The molecule has 0 aliphatic heterocycles. The van der Waals surface area contributed by atoms with E-state index < -0.39 is 0 Å². The van der Waals surface area contributed by atoms with Gasteiger partial charge in [0.2, 0.25) is 0 Å². The van der Waals surface area contributed by atoms with Crippen molar-refractivity contribution in [2.24, 2.45) is 23.7 Å². The van der Waals surface area contributed by atoms with Crippen molar-refractivity contribution in [3.8, 4) is 6.07 Å². The fourth-order valence-electron chi connectivity index (χ4n) is 4.29. The van der Waals surface area contributed by atoms with Crippen molar-refractivity contribution in [3.63, 3.8) is 0 Å². The number of hydrogen-bond acceptors (Lipinski definition) is 1. The third kappa shape index (κ3) is 7.56. The van der Waals surface area contributed by atoms with Crippen LogP contribution in [-0.2, 0) is 0 Å². The third-order valence-corrected chi connectivity index (χ3v) is 5.89. The van der Waals surface area contributed by atoms with Crippen LogP contribution in [0.4, 0.5) is 0 Å². The molecule has 0 aromatic rings. The summed E-state index contributed by atoms with van der Waals surface area (Å²) in [7, 11) is 0. The second-order valence-corrected chi connectivity index (χ2v) is 7.58. The molecule has 2 aliphatic rings. The summed E-state index contributed by atoms with van der Waals surface area (Å²) in [5, 5.41) is 9.03. The zero-order valence-electron chi connectivity index (χ0n) is 15.9. The van der Waals surface area contributed by atoms with Crippen LogP contribution in [0.25, 0.3) is 0 Å². The highest BCUT2D eigenvalue weighted by atomic mass is 14.4. The maximum absolute atomic E-state index is 9.03. The first-order valence-corrected chi connectivity index (χ1v) is 10.3. The maximum atomic E-state index is 9.03. The highest BCUT2D eigenvalue weighted by Gasteiger charge is 2.33. The van der Waals surface area contributed by atoms with Crippen molar-refractivity contribution in [2.45, 2.75) is 97.8 Å². The minimum Gasteiger partial charge on any atom is -0.198 e. The molecule has 1 saturated carbocycles. The van der Waals surface area contributed by atoms with Crippen molar-refractivity contribution >= 4 is 0 Å². The molecule has 2 aliphatic carbocycles. The van der Waals surface area contributed by atoms with Gasteiger partial charge in [-0.1, -0.05) is 71.4 Å². The van der Waals surface area contributed by atoms with Crippen LogP contribution in [0, 0.1) is 35.0 Å². The van der Waals surface area contributed by atoms with Crippen LogP contribution < -0.4 is 0 Å². The van der Waals surface area contributed by atoms with E-state index in [0.717, 1.165) is 30.6 Å². The molecule has 0 N–H and O–H groups in total. The van der Waals surface area contributed by atoms with Gasteiger partial charge in [0.1, 0.15) is 0 Å². The molecule has 0 amide bonds. The zero-order valence-corrected chi connectivity index (χ0v) is 15.9. The Labute approximate surface area is 145 Å². The normalized spacial score (nSPS) is 27.3. The van der Waals surface area contributed by atoms with Gasteiger partial charge in [-0.2, -0.15) is 5.26 Å². The summed E-state index contributed by atoms with van der Waals surface area (Å²) in [5.41, 5.74) is 0. The number of nitriles is 1. The summed E-state index contributed by atoms with van der Waals surface area (Å²) in [4.78, 5) is 0. The van der Waals surface area contributed by atoms with Crippen LogP contribution >= 0.6 is 0 Å². The number of unbranched alkanes of at least 4 members (excludes halogenated alkanes) is 3. The lowest BCUT2D eigenvalue weighted by Crippen LogP contribution is -2.29. The molecule has 1 heteroatoms. The average Bonchev–Trinajstić information content (AvgIpc) is 2.61. The summed E-state index contributed by atoms with van der Waals surface area (Å²) in [6, 6.07) is 2.45. The van der Waals surface area contributed by atoms with Crippen molar-refractivity contribution in [2.75, 3.05) is 0 Å². The van der Waals surface area contributed by atoms with Gasteiger partial charge in [0, 0.05) is 5.92 Å². The van der Waals surface area contributed by atoms with E-state index in [1.54, 1.807) is 0 Å². The Morgan fingerprint density at radius 3 is 2.35 bits per heavy atom. The Balaban J connectivity index is 0.000000379. The lowest BCUT2D eigenvalue weighted by atomic mass is 9.66. The topological polar surface area (TPSA) is 23.8 Å². The van der Waals surface area contributed by atoms with Gasteiger partial charge in [0.25, 0.3) is 0 Å². The van der Waals surface area contributed by atoms with E-state index in [0.29, 0.717) is 5.92 Å². The van der Waals surface area contributed by atoms with Gasteiger partial charge >= 0.3 is 0 Å². The predicted molar refractivity (Wildman–Crippen MR) is 101 cm³/mol. The van der Waals surface area contributed by atoms with Crippen molar-refractivity contribution in [1.82, 2.24) is 0 Å². The van der Waals surface area contributed by atoms with Gasteiger partial charge < -0.3 is 0 Å². The molecule has 0 bridgehead atoms. The molecular formula is C22H39N. The lowest BCUT2D eigenvalue weighted by molar-refractivity contribution is 0.135. The van der Waals surface area contributed by atoms with Crippen molar-refractivity contribution in [3.05, 3.63) is 12.2 Å². The van der Waals surface area contributed by atoms with E-state index in [2.05, 4.69) is 39.0 Å². The molecule has 0 radical (unpaired) electrons. The highest BCUT2D eigenvalue weighted by molar-refractivity contribution is 4.98. The molecule has 0 aromatic heterocycles. The summed E-state index contributed by atoms with van der Waals surface area (Å²) in [6.07, 6.45) is 20.7. The van der Waals surface area contributed by atoms with Crippen LogP contribution in [0.5, 0.6) is 0 Å². The standard InChI is InChI=1S/C16H25N.C6H14/c1-2-13(12-17)10-11-15-8-5-7-14-6-3-4-9-16(14)15;1-3-5-6-4-2/h3-4,13-16H,2,5-11H2,1H3;3-6H2,1-2H3. The Morgan fingerprint density at radius 2 is 1.74 bits per heavy atom. The second kappa shape index (κ2) is 12.6. The van der Waals surface area contributed by atoms with Gasteiger partial charge in [-0.15, -0.1) is 0 Å². The first-order valence-electron chi connectivity index (χ1n) is 10.3. The fourth-order valence-corrected chi connectivity index (χ4v) is 4.29. The molecular weight excluding hydrogens is 278 g/mol. The first-order chi connectivity index (χ1) is 11.3. The zero-order chi connectivity index (χ0) is 16.9. The van der Waals surface area contributed by atoms with Crippen molar-refractivity contribution in [1.29, 1.82) is 5.26 Å². The molecule has 0 heterocycles. The molecule has 0 aromatic carbocycles. The average molecular weight is 318 g/mol. The molecule has 1 fully saturated rings. The van der Waals surface area contributed by atoms with Crippen LogP contribution in [0.15, 0.2) is 12.2 Å². The number of fused-ring (bicyclic) bond motifs is 1. The third-order valence-electron chi connectivity index (χ3n) is 5.89. The number of allylic oxidation sites excluding steroid dienone is 2. The Morgan fingerprint density at radius 1 is 1.04 bits per heavy atom. The molecule has 23 heavy (non-hydrogen) atoms. The molecule has 2 rings (SSSR count). The van der Waals surface area contributed by atoms with Crippen LogP contribution in [0.1, 0.15) is 97.8 Å². The number of nitrogens with zero attached hydrogens (tertiary/aromatic N) is 1. The van der Waals surface area contributed by atoms with E-state index in [1.807, 2.05) is 0 Å². The van der Waals surface area contributed by atoms with Crippen LogP contribution in [0.3, 0.4) is 0 Å². The van der Waals surface area contributed by atoms with E-state index in [-0.39, 0.29) is 0 Å². The SMILES string of the molecule is CCC(C#N)CCC1CCCC2CC=CCC21.CCCCCC. The molecule has 0 spiro atoms. The minimum atomic E-state index is 0.300. The van der Waals surface area contributed by atoms with E-state index in [9.17, 15) is 0 Å². The number of hydrogen-bond donors (Lipinski definition) is 0. The van der Waals surface area contributed by atoms with Crippen molar-refractivity contribution < 1.29 is 0 Å². The summed E-state index contributed by atoms with van der Waals surface area (Å²) < 4.78 is 0. The second-order valence-electron chi connectivity index (χ2n) is 7.58. The molecule has 4 atom stereocenters. The lowest BCUT2D eigenvalue weighted by Gasteiger charge is -2.39. The highest BCUT2D eigenvalue weighted by Crippen LogP contribution is 2.43. The fraction of sp³-hybridized carbons (Fsp3) is 0.864. The predicted octanol–water partition coefficient (Wildman–Crippen LogP) is 7.29. The maximum Gasteiger partial charge on any atom is 0.0655 e. The Hall–Kier alpha value is -0.770. The van der Waals surface area contributed by atoms with Gasteiger partial charge in [-0.3, -0.25) is 0 Å². The quantitative estimate of drug-likeness (QED) is 0.357. The smallest absolute Gasteiger partial charge is 0.0655 e. The molecule has 132 valence electrons. The minimum absolute atomic E-state index is 0.300. The molecule has 1 nitrogen and oxygen atoms in total. The van der Waals surface area contributed by atoms with Gasteiger partial charge in [0.15, 0.2) is 0 Å². The van der Waals surface area contributed by atoms with Gasteiger partial charge in [-0.25, -0.2) is 0 Å². The Bertz CT molecular complexity index is 347. The number of rotatable bonds is 7. The van der Waals surface area contributed by atoms with Gasteiger partial charge in [-0.05, 0) is 56.3 Å². The van der Waals surface area contributed by atoms with E-state index in [4.69, 9.17) is 5.26 Å². The largest absolute Gasteiger partial charge is 0.198 e.